The number of anilines is 1. The largest absolute Gasteiger partial charge is 0.389 e. The van der Waals surface area contributed by atoms with Crippen molar-refractivity contribution in [2.24, 2.45) is 12.8 Å². The molecule has 0 atom stereocenters. The summed E-state index contributed by atoms with van der Waals surface area (Å²) >= 11 is 11.0. The van der Waals surface area contributed by atoms with E-state index >= 15 is 0 Å². The SMILES string of the molecule is Cn1ccc(CNc2ccc(C(N)=S)cc2Cl)n1. The Morgan fingerprint density at radius 2 is 2.28 bits per heavy atom. The smallest absolute Gasteiger partial charge is 0.104 e. The van der Waals surface area contributed by atoms with E-state index in [0.29, 0.717) is 16.6 Å². The van der Waals surface area contributed by atoms with Crippen LogP contribution in [0.25, 0.3) is 0 Å². The van der Waals surface area contributed by atoms with Gasteiger partial charge < -0.3 is 11.1 Å². The van der Waals surface area contributed by atoms with Gasteiger partial charge in [-0.2, -0.15) is 5.10 Å². The monoisotopic (exact) mass is 280 g/mol. The van der Waals surface area contributed by atoms with Crippen molar-refractivity contribution in [3.05, 3.63) is 46.7 Å². The Morgan fingerprint density at radius 3 is 2.83 bits per heavy atom. The molecule has 0 bridgehead atoms. The summed E-state index contributed by atoms with van der Waals surface area (Å²) in [6.07, 6.45) is 1.90. The topological polar surface area (TPSA) is 55.9 Å². The van der Waals surface area contributed by atoms with Crippen molar-refractivity contribution >= 4 is 34.5 Å². The normalized spacial score (nSPS) is 10.3. The molecule has 2 rings (SSSR count). The molecule has 1 heterocycles. The van der Waals surface area contributed by atoms with E-state index in [2.05, 4.69) is 10.4 Å². The zero-order valence-electron chi connectivity index (χ0n) is 9.85. The van der Waals surface area contributed by atoms with Crippen LogP contribution in [0.5, 0.6) is 0 Å². The first kappa shape index (κ1) is 12.9. The maximum atomic E-state index is 6.14. The van der Waals surface area contributed by atoms with Crippen molar-refractivity contribution in [3.63, 3.8) is 0 Å². The van der Waals surface area contributed by atoms with Gasteiger partial charge in [-0.05, 0) is 24.3 Å². The molecule has 1 aromatic carbocycles. The lowest BCUT2D eigenvalue weighted by atomic mass is 10.2. The predicted octanol–water partition coefficient (Wildman–Crippen LogP) is 2.32. The number of aryl methyl sites for hydroxylation is 1. The van der Waals surface area contributed by atoms with Crippen LogP contribution in [0.15, 0.2) is 30.5 Å². The summed E-state index contributed by atoms with van der Waals surface area (Å²) in [5, 5.41) is 8.08. The maximum absolute atomic E-state index is 6.14. The van der Waals surface area contributed by atoms with Gasteiger partial charge in [-0.1, -0.05) is 23.8 Å². The van der Waals surface area contributed by atoms with Gasteiger partial charge in [0.15, 0.2) is 0 Å². The van der Waals surface area contributed by atoms with Crippen molar-refractivity contribution in [1.82, 2.24) is 9.78 Å². The molecule has 6 heteroatoms. The van der Waals surface area contributed by atoms with Crippen LogP contribution in [0.4, 0.5) is 5.69 Å². The molecule has 18 heavy (non-hydrogen) atoms. The Bertz CT molecular complexity index is 579. The van der Waals surface area contributed by atoms with E-state index in [0.717, 1.165) is 16.9 Å². The third kappa shape index (κ3) is 3.00. The van der Waals surface area contributed by atoms with Crippen LogP contribution in [0.3, 0.4) is 0 Å². The van der Waals surface area contributed by atoms with Gasteiger partial charge in [-0.3, -0.25) is 4.68 Å². The molecule has 94 valence electrons. The average Bonchev–Trinajstić information content (AvgIpc) is 2.73. The molecule has 0 amide bonds. The number of nitrogens with one attached hydrogen (secondary N) is 1. The molecule has 0 saturated carbocycles. The minimum atomic E-state index is 0.341. The third-order valence-corrected chi connectivity index (χ3v) is 3.03. The molecule has 0 fully saturated rings. The van der Waals surface area contributed by atoms with Crippen LogP contribution in [0, 0.1) is 0 Å². The van der Waals surface area contributed by atoms with E-state index in [1.54, 1.807) is 10.7 Å². The number of hydrogen-bond donors (Lipinski definition) is 2. The van der Waals surface area contributed by atoms with Crippen molar-refractivity contribution < 1.29 is 0 Å². The fraction of sp³-hybridized carbons (Fsp3) is 0.167. The van der Waals surface area contributed by atoms with Gasteiger partial charge in [-0.15, -0.1) is 0 Å². The van der Waals surface area contributed by atoms with E-state index < -0.39 is 0 Å². The second-order valence-corrected chi connectivity index (χ2v) is 4.74. The molecule has 0 spiro atoms. The quantitative estimate of drug-likeness (QED) is 0.844. The molecule has 0 aliphatic heterocycles. The molecule has 0 radical (unpaired) electrons. The van der Waals surface area contributed by atoms with Gasteiger partial charge >= 0.3 is 0 Å². The summed E-state index contributed by atoms with van der Waals surface area (Å²) in [5.41, 5.74) is 8.09. The van der Waals surface area contributed by atoms with Crippen LogP contribution >= 0.6 is 23.8 Å². The van der Waals surface area contributed by atoms with Crippen LogP contribution in [0.1, 0.15) is 11.3 Å². The predicted molar refractivity (Wildman–Crippen MR) is 77.9 cm³/mol. The first-order valence-corrected chi connectivity index (χ1v) is 6.16. The second-order valence-electron chi connectivity index (χ2n) is 3.89. The van der Waals surface area contributed by atoms with Crippen molar-refractivity contribution in [1.29, 1.82) is 0 Å². The highest BCUT2D eigenvalue weighted by Gasteiger charge is 2.04. The number of nitrogens with zero attached hydrogens (tertiary/aromatic N) is 2. The lowest BCUT2D eigenvalue weighted by Gasteiger charge is -2.08. The number of hydrogen-bond acceptors (Lipinski definition) is 3. The Labute approximate surface area is 116 Å². The number of aromatic nitrogens is 2. The van der Waals surface area contributed by atoms with E-state index in [-0.39, 0.29) is 0 Å². The Morgan fingerprint density at radius 1 is 1.50 bits per heavy atom. The molecule has 0 aliphatic rings. The molecule has 2 aromatic rings. The minimum absolute atomic E-state index is 0.341. The first-order chi connectivity index (χ1) is 8.56. The lowest BCUT2D eigenvalue weighted by molar-refractivity contribution is 0.747. The van der Waals surface area contributed by atoms with Crippen LogP contribution in [-0.4, -0.2) is 14.8 Å². The highest BCUT2D eigenvalue weighted by atomic mass is 35.5. The molecule has 4 nitrogen and oxygen atoms in total. The molecule has 3 N–H and O–H groups in total. The van der Waals surface area contributed by atoms with Crippen LogP contribution in [0.2, 0.25) is 5.02 Å². The second kappa shape index (κ2) is 5.37. The van der Waals surface area contributed by atoms with Crippen molar-refractivity contribution in [3.8, 4) is 0 Å². The summed E-state index contributed by atoms with van der Waals surface area (Å²) in [5.74, 6) is 0. The van der Waals surface area contributed by atoms with E-state index in [9.17, 15) is 0 Å². The Kier molecular flexibility index (Phi) is 3.84. The van der Waals surface area contributed by atoms with Crippen molar-refractivity contribution in [2.45, 2.75) is 6.54 Å². The Balaban J connectivity index is 2.08. The van der Waals surface area contributed by atoms with Crippen LogP contribution in [-0.2, 0) is 13.6 Å². The standard InChI is InChI=1S/C12H13ClN4S/c1-17-5-4-9(16-17)7-15-11-3-2-8(12(14)18)6-10(11)13/h2-6,15H,7H2,1H3,(H2,14,18). The van der Waals surface area contributed by atoms with Gasteiger partial charge in [0.25, 0.3) is 0 Å². The van der Waals surface area contributed by atoms with E-state index in [1.807, 2.05) is 31.4 Å². The van der Waals surface area contributed by atoms with Gasteiger partial charge in [0.1, 0.15) is 4.99 Å². The number of benzene rings is 1. The summed E-state index contributed by atoms with van der Waals surface area (Å²) in [6.45, 7) is 0.618. The zero-order valence-corrected chi connectivity index (χ0v) is 11.4. The number of halogens is 1. The molecular formula is C12H13ClN4S. The summed E-state index contributed by atoms with van der Waals surface area (Å²) < 4.78 is 1.76. The average molecular weight is 281 g/mol. The first-order valence-electron chi connectivity index (χ1n) is 5.38. The van der Waals surface area contributed by atoms with Crippen LogP contribution < -0.4 is 11.1 Å². The van der Waals surface area contributed by atoms with E-state index in [1.165, 1.54) is 0 Å². The minimum Gasteiger partial charge on any atom is -0.389 e. The highest BCUT2D eigenvalue weighted by molar-refractivity contribution is 7.80. The zero-order chi connectivity index (χ0) is 13.1. The highest BCUT2D eigenvalue weighted by Crippen LogP contribution is 2.23. The fourth-order valence-corrected chi connectivity index (χ4v) is 1.93. The van der Waals surface area contributed by atoms with Gasteiger partial charge in [-0.25, -0.2) is 0 Å². The van der Waals surface area contributed by atoms with Gasteiger partial charge in [0, 0.05) is 18.8 Å². The van der Waals surface area contributed by atoms with Gasteiger partial charge in [0.05, 0.1) is 22.9 Å². The number of rotatable bonds is 4. The molecular weight excluding hydrogens is 268 g/mol. The summed E-state index contributed by atoms with van der Waals surface area (Å²) in [7, 11) is 1.88. The maximum Gasteiger partial charge on any atom is 0.104 e. The lowest BCUT2D eigenvalue weighted by Crippen LogP contribution is -2.09. The Hall–Kier alpha value is -1.59. The third-order valence-electron chi connectivity index (χ3n) is 2.48. The molecule has 0 aliphatic carbocycles. The number of thiocarbonyl (C=S) groups is 1. The number of nitrogens with two attached hydrogens (primary N) is 1. The molecule has 0 saturated heterocycles. The summed E-state index contributed by atoms with van der Waals surface area (Å²) in [6, 6.07) is 7.41. The van der Waals surface area contributed by atoms with Crippen molar-refractivity contribution in [2.75, 3.05) is 5.32 Å². The molecule has 0 unspecified atom stereocenters. The fourth-order valence-electron chi connectivity index (χ4n) is 1.55. The van der Waals surface area contributed by atoms with Gasteiger partial charge in [0.2, 0.25) is 0 Å². The molecule has 1 aromatic heterocycles. The summed E-state index contributed by atoms with van der Waals surface area (Å²) in [4.78, 5) is 0.341. The van der Waals surface area contributed by atoms with E-state index in [4.69, 9.17) is 29.6 Å².